The van der Waals surface area contributed by atoms with Crippen LogP contribution < -0.4 is 0 Å². The average Bonchev–Trinajstić information content (AvgIpc) is 3.26. The molecule has 2 aliphatic heterocycles. The van der Waals surface area contributed by atoms with Crippen LogP contribution in [0.1, 0.15) is 52.4 Å². The van der Waals surface area contributed by atoms with Gasteiger partial charge in [0.25, 0.3) is 0 Å². The van der Waals surface area contributed by atoms with E-state index in [1.54, 1.807) is 0 Å². The summed E-state index contributed by atoms with van der Waals surface area (Å²) in [6.45, 7) is 5.65. The van der Waals surface area contributed by atoms with Gasteiger partial charge in [0.15, 0.2) is 0 Å². The van der Waals surface area contributed by atoms with Gasteiger partial charge in [-0.05, 0) is 38.0 Å². The summed E-state index contributed by atoms with van der Waals surface area (Å²) in [6.07, 6.45) is 5.40. The number of hydrogen-bond acceptors (Lipinski definition) is 4. The van der Waals surface area contributed by atoms with Gasteiger partial charge in [0.1, 0.15) is 5.78 Å². The van der Waals surface area contributed by atoms with Crippen molar-refractivity contribution in [3.63, 3.8) is 0 Å². The van der Waals surface area contributed by atoms with E-state index < -0.39 is 5.41 Å². The smallest absolute Gasteiger partial charge is 0.309 e. The molecule has 2 saturated carbocycles. The highest BCUT2D eigenvalue weighted by molar-refractivity contribution is 5.95. The summed E-state index contributed by atoms with van der Waals surface area (Å²) in [5.41, 5.74) is 1.88. The van der Waals surface area contributed by atoms with Crippen molar-refractivity contribution in [3.8, 4) is 0 Å². The zero-order valence-electron chi connectivity index (χ0n) is 17.2. The van der Waals surface area contributed by atoms with E-state index in [9.17, 15) is 14.8 Å². The van der Waals surface area contributed by atoms with E-state index in [0.717, 1.165) is 32.1 Å². The third-order valence-electron chi connectivity index (χ3n) is 10.4. The molecule has 2 saturated heterocycles. The molecule has 6 aliphatic rings. The number of rotatable bonds is 1. The van der Waals surface area contributed by atoms with Gasteiger partial charge in [-0.1, -0.05) is 25.0 Å². The fourth-order valence-electron chi connectivity index (χ4n) is 9.37. The lowest BCUT2D eigenvalue weighted by Gasteiger charge is -2.62. The number of nitrogens with zero attached hydrogens (tertiary/aromatic N) is 1. The van der Waals surface area contributed by atoms with Crippen LogP contribution >= 0.6 is 0 Å². The van der Waals surface area contributed by atoms with Crippen LogP contribution in [0.3, 0.4) is 0 Å². The lowest BCUT2D eigenvalue weighted by Crippen LogP contribution is -2.68. The van der Waals surface area contributed by atoms with E-state index in [1.165, 1.54) is 18.3 Å². The lowest BCUT2D eigenvalue weighted by atomic mass is 9.45. The monoisotopic (exact) mass is 385 g/mol. The zero-order chi connectivity index (χ0) is 19.6. The minimum absolute atomic E-state index is 0.0125. The van der Waals surface area contributed by atoms with Gasteiger partial charge in [-0.25, -0.2) is 0 Å². The van der Waals surface area contributed by atoms with Crippen molar-refractivity contribution in [2.75, 3.05) is 20.2 Å². The minimum atomic E-state index is -0.587. The second-order valence-corrected chi connectivity index (χ2v) is 10.9. The third kappa shape index (κ3) is 1.63. The van der Waals surface area contributed by atoms with Crippen LogP contribution in [0.2, 0.25) is 0 Å². The van der Waals surface area contributed by atoms with Crippen molar-refractivity contribution >= 4 is 11.8 Å². The van der Waals surface area contributed by atoms with Gasteiger partial charge in [0.05, 0.1) is 37.6 Å². The van der Waals surface area contributed by atoms with Crippen molar-refractivity contribution in [1.82, 2.24) is 0 Å². The van der Waals surface area contributed by atoms with E-state index in [4.69, 9.17) is 4.74 Å². The standard InChI is InChI=1S/C23H31NO4/c1-12-10-24(27)11-14-6-4-13-5-7-15-17(21(26)28-3)9-23(19(13)15)20(25)16(12)8-18(24)22(14,23)2/h12,14-18H,4-11H2,1-3H3. The highest BCUT2D eigenvalue weighted by Crippen LogP contribution is 2.76. The number of esters is 1. The van der Waals surface area contributed by atoms with Crippen LogP contribution in [0.5, 0.6) is 0 Å². The molecule has 2 bridgehead atoms. The van der Waals surface area contributed by atoms with E-state index in [-0.39, 0.29) is 51.7 Å². The Kier molecular flexibility index (Phi) is 3.21. The number of hydroxylamine groups is 3. The first kappa shape index (κ1) is 17.6. The molecule has 0 amide bonds. The molecule has 4 aliphatic carbocycles. The number of carbonyl (C=O) groups excluding carboxylic acids is 2. The van der Waals surface area contributed by atoms with Gasteiger partial charge in [-0.3, -0.25) is 9.59 Å². The topological polar surface area (TPSA) is 66.4 Å². The molecule has 0 N–H and O–H groups in total. The molecular formula is C23H31NO4. The maximum Gasteiger partial charge on any atom is 0.309 e. The summed E-state index contributed by atoms with van der Waals surface area (Å²) < 4.78 is 5.11. The Hall–Kier alpha value is -1.20. The molecule has 0 aromatic heterocycles. The number of ketones is 1. The van der Waals surface area contributed by atoms with Crippen LogP contribution in [-0.2, 0) is 14.3 Å². The molecule has 2 heterocycles. The molecule has 0 aromatic carbocycles. The first-order chi connectivity index (χ1) is 13.3. The van der Waals surface area contributed by atoms with Crippen molar-refractivity contribution in [2.24, 2.45) is 40.4 Å². The zero-order valence-corrected chi connectivity index (χ0v) is 17.2. The molecule has 5 heteroatoms. The molecule has 6 rings (SSSR count). The molecule has 9 atom stereocenters. The highest BCUT2D eigenvalue weighted by Gasteiger charge is 2.79. The molecule has 152 valence electrons. The molecule has 28 heavy (non-hydrogen) atoms. The normalized spacial score (nSPS) is 55.9. The SMILES string of the molecule is COC(=O)C1CC23C(=O)C4CC5C2(C)C(CCC2=C3C1CC2)C[N+]5([O-])CC4C. The Morgan fingerprint density at radius 2 is 1.96 bits per heavy atom. The van der Waals surface area contributed by atoms with Crippen LogP contribution in [0.4, 0.5) is 0 Å². The number of ether oxygens (including phenoxy) is 1. The van der Waals surface area contributed by atoms with Crippen molar-refractivity contribution in [3.05, 3.63) is 16.4 Å². The molecule has 4 fully saturated rings. The van der Waals surface area contributed by atoms with Crippen molar-refractivity contribution < 1.29 is 19.0 Å². The Morgan fingerprint density at radius 1 is 1.21 bits per heavy atom. The fraction of sp³-hybridized carbons (Fsp3) is 0.826. The fourth-order valence-corrected chi connectivity index (χ4v) is 9.37. The molecule has 5 nitrogen and oxygen atoms in total. The molecular weight excluding hydrogens is 354 g/mol. The number of piperidine rings is 1. The van der Waals surface area contributed by atoms with Crippen LogP contribution in [0.25, 0.3) is 0 Å². The average molecular weight is 386 g/mol. The number of Topliss-reactive ketones (excluding diaryl/α,β-unsaturated/α-hetero) is 1. The van der Waals surface area contributed by atoms with E-state index in [1.807, 2.05) is 0 Å². The van der Waals surface area contributed by atoms with Crippen molar-refractivity contribution in [2.45, 2.75) is 58.4 Å². The number of fused-ring (bicyclic) bond motifs is 1. The second-order valence-electron chi connectivity index (χ2n) is 10.9. The molecule has 0 radical (unpaired) electrons. The Bertz CT molecular complexity index is 834. The maximum absolute atomic E-state index is 14.3. The summed E-state index contributed by atoms with van der Waals surface area (Å²) in [5.74, 6) is 0.588. The van der Waals surface area contributed by atoms with Crippen LogP contribution in [0, 0.1) is 45.6 Å². The first-order valence-corrected chi connectivity index (χ1v) is 11.2. The predicted octanol–water partition coefficient (Wildman–Crippen LogP) is 3.22. The van der Waals surface area contributed by atoms with E-state index in [0.29, 0.717) is 25.3 Å². The summed E-state index contributed by atoms with van der Waals surface area (Å²) in [7, 11) is 1.47. The Morgan fingerprint density at radius 3 is 2.71 bits per heavy atom. The van der Waals surface area contributed by atoms with E-state index in [2.05, 4.69) is 13.8 Å². The molecule has 1 spiro atoms. The van der Waals surface area contributed by atoms with E-state index >= 15 is 0 Å². The molecule has 9 unspecified atom stereocenters. The Labute approximate surface area is 166 Å². The van der Waals surface area contributed by atoms with Gasteiger partial charge < -0.3 is 14.6 Å². The third-order valence-corrected chi connectivity index (χ3v) is 10.4. The summed E-state index contributed by atoms with van der Waals surface area (Å²) in [5, 5.41) is 14.0. The first-order valence-electron chi connectivity index (χ1n) is 11.2. The second kappa shape index (κ2) is 5.10. The van der Waals surface area contributed by atoms with Crippen LogP contribution in [-0.4, -0.2) is 42.6 Å². The maximum atomic E-state index is 14.3. The van der Waals surface area contributed by atoms with Gasteiger partial charge >= 0.3 is 5.97 Å². The lowest BCUT2D eigenvalue weighted by molar-refractivity contribution is -0.908. The summed E-state index contributed by atoms with van der Waals surface area (Å²) in [4.78, 5) is 27.0. The number of carbonyl (C=O) groups is 2. The summed E-state index contributed by atoms with van der Waals surface area (Å²) >= 11 is 0. The number of methoxy groups -OCH3 is 1. The summed E-state index contributed by atoms with van der Waals surface area (Å²) in [6, 6.07) is 0.0147. The van der Waals surface area contributed by atoms with Gasteiger partial charge in [0, 0.05) is 29.6 Å². The van der Waals surface area contributed by atoms with Crippen LogP contribution in [0.15, 0.2) is 11.1 Å². The number of quaternary nitrogens is 1. The van der Waals surface area contributed by atoms with Crippen molar-refractivity contribution in [1.29, 1.82) is 0 Å². The minimum Gasteiger partial charge on any atom is -0.633 e. The van der Waals surface area contributed by atoms with Gasteiger partial charge in [0.2, 0.25) is 0 Å². The number of hydrogen-bond donors (Lipinski definition) is 0. The van der Waals surface area contributed by atoms with Gasteiger partial charge in [-0.2, -0.15) is 0 Å². The van der Waals surface area contributed by atoms with Gasteiger partial charge in [-0.15, -0.1) is 0 Å². The quantitative estimate of drug-likeness (QED) is 0.301. The number of allylic oxidation sites excluding steroid dienone is 2. The Balaban J connectivity index is 1.63. The molecule has 0 aromatic rings. The highest BCUT2D eigenvalue weighted by atomic mass is 16.6. The largest absolute Gasteiger partial charge is 0.633 e. The predicted molar refractivity (Wildman–Crippen MR) is 103 cm³/mol.